The Kier molecular flexibility index (Phi) is 5.23. The second kappa shape index (κ2) is 7.97. The average Bonchev–Trinajstić information content (AvgIpc) is 2.73. The number of pyridine rings is 1. The number of hydrogen-bond acceptors (Lipinski definition) is 4. The Morgan fingerprint density at radius 2 is 1.86 bits per heavy atom. The van der Waals surface area contributed by atoms with Crippen LogP contribution < -0.4 is 10.1 Å². The number of methoxy groups -OCH3 is 1. The fourth-order valence-electron chi connectivity index (χ4n) is 3.40. The van der Waals surface area contributed by atoms with Gasteiger partial charge in [0.15, 0.2) is 0 Å². The Hall–Kier alpha value is -3.31. The van der Waals surface area contributed by atoms with Crippen molar-refractivity contribution in [1.29, 1.82) is 0 Å². The van der Waals surface area contributed by atoms with Crippen LogP contribution in [0.15, 0.2) is 66.7 Å². The summed E-state index contributed by atoms with van der Waals surface area (Å²) in [6.07, 6.45) is 0.346. The molecule has 0 spiro atoms. The van der Waals surface area contributed by atoms with Crippen molar-refractivity contribution < 1.29 is 14.6 Å². The third kappa shape index (κ3) is 3.96. The van der Waals surface area contributed by atoms with Gasteiger partial charge in [0.2, 0.25) is 0 Å². The maximum atomic E-state index is 12.0. The molecule has 0 aliphatic carbocycles. The van der Waals surface area contributed by atoms with E-state index in [0.717, 1.165) is 21.9 Å². The summed E-state index contributed by atoms with van der Waals surface area (Å²) in [6, 6.07) is 19.7. The molecule has 4 rings (SSSR count). The van der Waals surface area contributed by atoms with Gasteiger partial charge in [-0.15, -0.1) is 0 Å². The Morgan fingerprint density at radius 1 is 1.07 bits per heavy atom. The first-order chi connectivity index (χ1) is 14.0. The zero-order valence-electron chi connectivity index (χ0n) is 15.7. The molecule has 1 aromatic heterocycles. The molecular formula is C23H19ClN2O3. The molecule has 0 unspecified atom stereocenters. The summed E-state index contributed by atoms with van der Waals surface area (Å²) in [7, 11) is 1.60. The van der Waals surface area contributed by atoms with Gasteiger partial charge in [-0.1, -0.05) is 41.9 Å². The highest BCUT2D eigenvalue weighted by Crippen LogP contribution is 2.34. The molecular weight excluding hydrogens is 388 g/mol. The second-order valence-electron chi connectivity index (χ2n) is 6.76. The minimum Gasteiger partial charge on any atom is -0.497 e. The van der Waals surface area contributed by atoms with Crippen LogP contribution in [-0.4, -0.2) is 29.2 Å². The van der Waals surface area contributed by atoms with Crippen LogP contribution in [0.3, 0.4) is 0 Å². The maximum absolute atomic E-state index is 12.0. The second-order valence-corrected chi connectivity index (χ2v) is 7.19. The molecule has 0 aliphatic rings. The highest BCUT2D eigenvalue weighted by Gasteiger charge is 2.21. The number of nitrogens with one attached hydrogen (secondary N) is 1. The molecule has 0 saturated carbocycles. The van der Waals surface area contributed by atoms with Gasteiger partial charge in [0.25, 0.3) is 0 Å². The Bertz CT molecular complexity index is 1200. The number of carboxylic acid groups (broad SMARTS) is 1. The number of aromatic nitrogens is 1. The van der Waals surface area contributed by atoms with Crippen molar-refractivity contribution in [3.05, 3.63) is 77.3 Å². The van der Waals surface area contributed by atoms with Crippen molar-refractivity contribution in [2.45, 2.75) is 12.5 Å². The number of benzene rings is 3. The van der Waals surface area contributed by atoms with Crippen molar-refractivity contribution in [3.63, 3.8) is 0 Å². The van der Waals surface area contributed by atoms with Crippen molar-refractivity contribution in [2.24, 2.45) is 0 Å². The van der Waals surface area contributed by atoms with Crippen LogP contribution in [0.2, 0.25) is 5.02 Å². The van der Waals surface area contributed by atoms with Gasteiger partial charge in [0.1, 0.15) is 11.8 Å². The van der Waals surface area contributed by atoms with Crippen LogP contribution in [0, 0.1) is 0 Å². The molecule has 4 aromatic rings. The number of halogens is 1. The van der Waals surface area contributed by atoms with E-state index >= 15 is 0 Å². The van der Waals surface area contributed by atoms with Gasteiger partial charge in [0.05, 0.1) is 23.8 Å². The topological polar surface area (TPSA) is 71.5 Å². The Morgan fingerprint density at radius 3 is 2.59 bits per heavy atom. The lowest BCUT2D eigenvalue weighted by Gasteiger charge is -2.19. The summed E-state index contributed by atoms with van der Waals surface area (Å²) in [4.78, 5) is 16.7. The van der Waals surface area contributed by atoms with Gasteiger partial charge in [-0.25, -0.2) is 9.78 Å². The molecule has 0 aliphatic heterocycles. The number of nitrogens with zero attached hydrogens (tertiary/aromatic N) is 1. The number of carbonyl (C=O) groups is 1. The van der Waals surface area contributed by atoms with Crippen LogP contribution in [-0.2, 0) is 11.2 Å². The number of carboxylic acids is 1. The van der Waals surface area contributed by atoms with E-state index in [1.165, 1.54) is 0 Å². The van der Waals surface area contributed by atoms with Crippen molar-refractivity contribution in [2.75, 3.05) is 12.4 Å². The third-order valence-corrected chi connectivity index (χ3v) is 5.08. The van der Waals surface area contributed by atoms with E-state index in [0.29, 0.717) is 28.4 Å². The standard InChI is InChI=1S/C23H19ClN2O3/c1-29-16-8-10-19-18(13-16)22(17-9-7-15(24)12-20(17)25-19)26-21(23(27)28)11-14-5-3-2-4-6-14/h2-10,12-13,21H,11H2,1H3,(H,25,26)(H,27,28)/t21-/m0/s1. The highest BCUT2D eigenvalue weighted by atomic mass is 35.5. The minimum absolute atomic E-state index is 0.346. The van der Waals surface area contributed by atoms with E-state index in [1.54, 1.807) is 19.2 Å². The lowest BCUT2D eigenvalue weighted by molar-refractivity contribution is -0.137. The number of fused-ring (bicyclic) bond motifs is 2. The van der Waals surface area contributed by atoms with E-state index in [-0.39, 0.29) is 0 Å². The quantitative estimate of drug-likeness (QED) is 0.433. The van der Waals surface area contributed by atoms with Gasteiger partial charge in [-0.3, -0.25) is 0 Å². The molecule has 6 heteroatoms. The van der Waals surface area contributed by atoms with Crippen LogP contribution in [0.25, 0.3) is 21.8 Å². The fourth-order valence-corrected chi connectivity index (χ4v) is 3.57. The number of hydrogen-bond donors (Lipinski definition) is 2. The van der Waals surface area contributed by atoms with Crippen molar-refractivity contribution in [1.82, 2.24) is 4.98 Å². The SMILES string of the molecule is COc1ccc2nc3cc(Cl)ccc3c(N[C@@H](Cc3ccccc3)C(=O)O)c2c1. The minimum atomic E-state index is -0.927. The molecule has 1 heterocycles. The molecule has 0 radical (unpaired) electrons. The number of rotatable bonds is 6. The summed E-state index contributed by atoms with van der Waals surface area (Å²) in [5, 5.41) is 15.3. The third-order valence-electron chi connectivity index (χ3n) is 4.84. The van der Waals surface area contributed by atoms with Gasteiger partial charge >= 0.3 is 5.97 Å². The predicted molar refractivity (Wildman–Crippen MR) is 116 cm³/mol. The zero-order valence-corrected chi connectivity index (χ0v) is 16.5. The molecule has 29 heavy (non-hydrogen) atoms. The lowest BCUT2D eigenvalue weighted by Crippen LogP contribution is -2.31. The summed E-state index contributed by atoms with van der Waals surface area (Å²) < 4.78 is 5.36. The molecule has 146 valence electrons. The summed E-state index contributed by atoms with van der Waals surface area (Å²) in [5.41, 5.74) is 3.06. The number of aliphatic carboxylic acids is 1. The van der Waals surface area contributed by atoms with Crippen LogP contribution in [0.4, 0.5) is 5.69 Å². The molecule has 0 saturated heterocycles. The fraction of sp³-hybridized carbons (Fsp3) is 0.130. The molecule has 0 amide bonds. The highest BCUT2D eigenvalue weighted by molar-refractivity contribution is 6.31. The van der Waals surface area contributed by atoms with E-state index in [4.69, 9.17) is 16.3 Å². The number of ether oxygens (including phenoxy) is 1. The molecule has 3 aromatic carbocycles. The van der Waals surface area contributed by atoms with E-state index < -0.39 is 12.0 Å². The lowest BCUT2D eigenvalue weighted by atomic mass is 10.0. The summed E-state index contributed by atoms with van der Waals surface area (Å²) in [5.74, 6) is -0.255. The van der Waals surface area contributed by atoms with Crippen LogP contribution in [0.5, 0.6) is 5.75 Å². The smallest absolute Gasteiger partial charge is 0.326 e. The molecule has 1 atom stereocenters. The monoisotopic (exact) mass is 406 g/mol. The summed E-state index contributed by atoms with van der Waals surface area (Å²) in [6.45, 7) is 0. The van der Waals surface area contributed by atoms with Gasteiger partial charge in [-0.2, -0.15) is 0 Å². The average molecular weight is 407 g/mol. The van der Waals surface area contributed by atoms with Gasteiger partial charge in [0, 0.05) is 22.2 Å². The van der Waals surface area contributed by atoms with Crippen LogP contribution >= 0.6 is 11.6 Å². The first-order valence-corrected chi connectivity index (χ1v) is 9.53. The van der Waals surface area contributed by atoms with Crippen molar-refractivity contribution in [3.8, 4) is 5.75 Å². The largest absolute Gasteiger partial charge is 0.497 e. The predicted octanol–water partition coefficient (Wildman–Crippen LogP) is 5.16. The zero-order chi connectivity index (χ0) is 20.4. The van der Waals surface area contributed by atoms with E-state index in [1.807, 2.05) is 54.6 Å². The number of anilines is 1. The van der Waals surface area contributed by atoms with Gasteiger partial charge in [-0.05, 0) is 42.0 Å². The van der Waals surface area contributed by atoms with Crippen LogP contribution in [0.1, 0.15) is 5.56 Å². The Balaban J connectivity index is 1.87. The Labute approximate surface area is 172 Å². The molecule has 2 N–H and O–H groups in total. The maximum Gasteiger partial charge on any atom is 0.326 e. The summed E-state index contributed by atoms with van der Waals surface area (Å²) >= 11 is 6.16. The van der Waals surface area contributed by atoms with Gasteiger partial charge < -0.3 is 15.2 Å². The van der Waals surface area contributed by atoms with E-state index in [9.17, 15) is 9.90 Å². The molecule has 0 fully saturated rings. The normalized spacial score (nSPS) is 12.1. The van der Waals surface area contributed by atoms with Crippen molar-refractivity contribution >= 4 is 45.1 Å². The first-order valence-electron chi connectivity index (χ1n) is 9.15. The molecule has 0 bridgehead atoms. The van der Waals surface area contributed by atoms with E-state index in [2.05, 4.69) is 10.3 Å². The molecule has 5 nitrogen and oxygen atoms in total. The first kappa shape index (κ1) is 19.0.